The van der Waals surface area contributed by atoms with Gasteiger partial charge in [0.05, 0.1) is 10.7 Å². The van der Waals surface area contributed by atoms with Gasteiger partial charge in [0.2, 0.25) is 0 Å². The van der Waals surface area contributed by atoms with E-state index in [1.54, 1.807) is 24.3 Å². The Labute approximate surface area is 209 Å². The minimum absolute atomic E-state index is 0.0340. The molecule has 8 nitrogen and oxygen atoms in total. The summed E-state index contributed by atoms with van der Waals surface area (Å²) in [5, 5.41) is 5.28. The highest BCUT2D eigenvalue weighted by Gasteiger charge is 2.32. The number of benzene rings is 2. The SMILES string of the molecule is C=CCN1C(=O)/C(=C/c2cc(I)c(OCC(=O)Nc3ccccc3)c(OC)c2)C(=O)NC1=S. The highest BCUT2D eigenvalue weighted by atomic mass is 127. The summed E-state index contributed by atoms with van der Waals surface area (Å²) in [6.07, 6.45) is 2.97. The van der Waals surface area contributed by atoms with E-state index in [0.717, 1.165) is 0 Å². The van der Waals surface area contributed by atoms with Crippen molar-refractivity contribution in [2.75, 3.05) is 25.6 Å². The molecule has 170 valence electrons. The van der Waals surface area contributed by atoms with Crippen molar-refractivity contribution in [3.63, 3.8) is 0 Å². The standard InChI is InChI=1S/C23H20IN3O5S/c1-3-9-27-22(30)16(21(29)26-23(27)33)10-14-11-17(24)20(18(12-14)31-2)32-13-19(28)25-15-7-5-4-6-8-15/h3-8,10-12H,1,9,13H2,2H3,(H,25,28)(H,26,29,33)/b16-10+. The molecule has 1 aliphatic heterocycles. The van der Waals surface area contributed by atoms with Crippen molar-refractivity contribution in [3.05, 3.63) is 69.8 Å². The molecule has 1 saturated heterocycles. The number of para-hydroxylation sites is 1. The van der Waals surface area contributed by atoms with Crippen LogP contribution in [0.15, 0.2) is 60.7 Å². The zero-order valence-electron chi connectivity index (χ0n) is 17.6. The molecule has 2 aromatic carbocycles. The fraction of sp³-hybridized carbons (Fsp3) is 0.130. The number of nitrogens with one attached hydrogen (secondary N) is 2. The first-order valence-corrected chi connectivity index (χ1v) is 11.2. The quantitative estimate of drug-likeness (QED) is 0.165. The Morgan fingerprint density at radius 3 is 2.67 bits per heavy atom. The third kappa shape index (κ3) is 5.96. The van der Waals surface area contributed by atoms with Crippen LogP contribution in [0.1, 0.15) is 5.56 Å². The summed E-state index contributed by atoms with van der Waals surface area (Å²) < 4.78 is 11.7. The molecular formula is C23H20IN3O5S. The Morgan fingerprint density at radius 1 is 1.27 bits per heavy atom. The Hall–Kier alpha value is -3.25. The number of rotatable bonds is 8. The van der Waals surface area contributed by atoms with Crippen LogP contribution in [-0.4, -0.2) is 48.0 Å². The van der Waals surface area contributed by atoms with Gasteiger partial charge in [-0.15, -0.1) is 6.58 Å². The van der Waals surface area contributed by atoms with Crippen molar-refractivity contribution in [1.82, 2.24) is 10.2 Å². The van der Waals surface area contributed by atoms with Gasteiger partial charge in [-0.3, -0.25) is 24.6 Å². The minimum Gasteiger partial charge on any atom is -0.493 e. The molecule has 0 aliphatic carbocycles. The Bertz CT molecular complexity index is 1150. The number of hydrogen-bond acceptors (Lipinski definition) is 6. The normalized spacial score (nSPS) is 14.7. The number of nitrogens with zero attached hydrogens (tertiary/aromatic N) is 1. The van der Waals surface area contributed by atoms with Gasteiger partial charge < -0.3 is 14.8 Å². The van der Waals surface area contributed by atoms with Crippen LogP contribution in [0.2, 0.25) is 0 Å². The van der Waals surface area contributed by atoms with Crippen LogP contribution in [-0.2, 0) is 14.4 Å². The monoisotopic (exact) mass is 577 g/mol. The smallest absolute Gasteiger partial charge is 0.265 e. The van der Waals surface area contributed by atoms with Crippen LogP contribution in [0, 0.1) is 3.57 Å². The molecule has 1 fully saturated rings. The fourth-order valence-electron chi connectivity index (χ4n) is 2.98. The van der Waals surface area contributed by atoms with Crippen LogP contribution < -0.4 is 20.1 Å². The summed E-state index contributed by atoms with van der Waals surface area (Å²) in [5.41, 5.74) is 1.14. The molecule has 3 rings (SSSR count). The Kier molecular flexibility index (Phi) is 8.17. The number of anilines is 1. The van der Waals surface area contributed by atoms with Gasteiger partial charge in [0.1, 0.15) is 5.57 Å². The number of methoxy groups -OCH3 is 1. The zero-order chi connectivity index (χ0) is 24.0. The van der Waals surface area contributed by atoms with E-state index in [9.17, 15) is 14.4 Å². The molecule has 3 amide bonds. The van der Waals surface area contributed by atoms with Crippen molar-refractivity contribution in [1.29, 1.82) is 0 Å². The van der Waals surface area contributed by atoms with E-state index in [2.05, 4.69) is 17.2 Å². The largest absolute Gasteiger partial charge is 0.493 e. The predicted octanol–water partition coefficient (Wildman–Crippen LogP) is 3.13. The predicted molar refractivity (Wildman–Crippen MR) is 137 cm³/mol. The molecule has 0 radical (unpaired) electrons. The van der Waals surface area contributed by atoms with E-state index in [4.69, 9.17) is 21.7 Å². The number of halogens is 1. The van der Waals surface area contributed by atoms with Gasteiger partial charge in [-0.2, -0.15) is 0 Å². The molecular weight excluding hydrogens is 557 g/mol. The van der Waals surface area contributed by atoms with Crippen LogP contribution in [0.25, 0.3) is 6.08 Å². The van der Waals surface area contributed by atoms with E-state index >= 15 is 0 Å². The first-order chi connectivity index (χ1) is 15.8. The maximum atomic E-state index is 12.7. The van der Waals surface area contributed by atoms with Crippen molar-refractivity contribution in [2.45, 2.75) is 0 Å². The topological polar surface area (TPSA) is 97.0 Å². The summed E-state index contributed by atoms with van der Waals surface area (Å²) in [4.78, 5) is 38.6. The lowest BCUT2D eigenvalue weighted by atomic mass is 10.1. The zero-order valence-corrected chi connectivity index (χ0v) is 20.6. The second-order valence-electron chi connectivity index (χ2n) is 6.76. The first-order valence-electron chi connectivity index (χ1n) is 9.69. The molecule has 10 heteroatoms. The van der Waals surface area contributed by atoms with E-state index in [-0.39, 0.29) is 29.7 Å². The summed E-state index contributed by atoms with van der Waals surface area (Å²) in [6.45, 7) is 3.55. The van der Waals surface area contributed by atoms with Gasteiger partial charge >= 0.3 is 0 Å². The van der Waals surface area contributed by atoms with Crippen LogP contribution >= 0.6 is 34.8 Å². The van der Waals surface area contributed by atoms with Crippen LogP contribution in [0.5, 0.6) is 11.5 Å². The summed E-state index contributed by atoms with van der Waals surface area (Å²) in [6, 6.07) is 12.4. The Morgan fingerprint density at radius 2 is 2.00 bits per heavy atom. The maximum absolute atomic E-state index is 12.7. The molecule has 33 heavy (non-hydrogen) atoms. The average Bonchev–Trinajstić information content (AvgIpc) is 2.79. The molecule has 0 aromatic heterocycles. The van der Waals surface area contributed by atoms with E-state index in [0.29, 0.717) is 26.3 Å². The summed E-state index contributed by atoms with van der Waals surface area (Å²) in [5.74, 6) is -0.707. The lowest BCUT2D eigenvalue weighted by molar-refractivity contribution is -0.128. The molecule has 2 aromatic rings. The summed E-state index contributed by atoms with van der Waals surface area (Å²) in [7, 11) is 1.46. The molecule has 0 atom stereocenters. The second-order valence-corrected chi connectivity index (χ2v) is 8.31. The van der Waals surface area contributed by atoms with E-state index < -0.39 is 11.8 Å². The number of amides is 3. The maximum Gasteiger partial charge on any atom is 0.265 e. The van der Waals surface area contributed by atoms with Gasteiger partial charge in [0.25, 0.3) is 17.7 Å². The van der Waals surface area contributed by atoms with Gasteiger partial charge in [0, 0.05) is 12.2 Å². The highest BCUT2D eigenvalue weighted by molar-refractivity contribution is 14.1. The van der Waals surface area contributed by atoms with Crippen LogP contribution in [0.4, 0.5) is 5.69 Å². The number of thiocarbonyl (C=S) groups is 1. The van der Waals surface area contributed by atoms with E-state index in [1.807, 2.05) is 40.8 Å². The minimum atomic E-state index is -0.586. The molecule has 1 aliphatic rings. The number of ether oxygens (including phenoxy) is 2. The molecule has 1 heterocycles. The molecule has 2 N–H and O–H groups in total. The van der Waals surface area contributed by atoms with Crippen molar-refractivity contribution < 1.29 is 23.9 Å². The molecule has 0 spiro atoms. The van der Waals surface area contributed by atoms with Gasteiger partial charge in [0.15, 0.2) is 23.2 Å². The molecule has 0 saturated carbocycles. The molecule has 0 unspecified atom stereocenters. The van der Waals surface area contributed by atoms with Crippen molar-refractivity contribution in [3.8, 4) is 11.5 Å². The van der Waals surface area contributed by atoms with Crippen LogP contribution in [0.3, 0.4) is 0 Å². The fourth-order valence-corrected chi connectivity index (χ4v) is 4.01. The first kappa shape index (κ1) is 24.4. The van der Waals surface area contributed by atoms with Crippen molar-refractivity contribution >= 4 is 69.4 Å². The van der Waals surface area contributed by atoms with E-state index in [1.165, 1.54) is 24.2 Å². The van der Waals surface area contributed by atoms with Crippen molar-refractivity contribution in [2.24, 2.45) is 0 Å². The number of carbonyl (C=O) groups is 3. The highest BCUT2D eigenvalue weighted by Crippen LogP contribution is 2.35. The molecule has 0 bridgehead atoms. The van der Waals surface area contributed by atoms with Gasteiger partial charge in [-0.25, -0.2) is 0 Å². The number of hydrogen-bond donors (Lipinski definition) is 2. The lowest BCUT2D eigenvalue weighted by Gasteiger charge is -2.27. The third-order valence-electron chi connectivity index (χ3n) is 4.47. The Balaban J connectivity index is 1.80. The third-order valence-corrected chi connectivity index (χ3v) is 5.59. The second kappa shape index (κ2) is 11.1. The lowest BCUT2D eigenvalue weighted by Crippen LogP contribution is -2.53. The number of carbonyl (C=O) groups excluding carboxylic acids is 3. The van der Waals surface area contributed by atoms with Gasteiger partial charge in [-0.05, 0) is 70.7 Å². The average molecular weight is 577 g/mol. The summed E-state index contributed by atoms with van der Waals surface area (Å²) >= 11 is 7.10. The van der Waals surface area contributed by atoms with Gasteiger partial charge in [-0.1, -0.05) is 24.3 Å².